The maximum Gasteiger partial charge on any atom is 0.531 e. The first-order chi connectivity index (χ1) is 10.2. The molecule has 0 spiro atoms. The fourth-order valence-corrected chi connectivity index (χ4v) is 5.38. The summed E-state index contributed by atoms with van der Waals surface area (Å²) in [4.78, 5) is 0. The standard InChI is InChI=1S/C15H32O5Si/c1-5-10-15(16-12-9-11-14-13-17-14)21(18-6-2,19-7-3)20-8-4/h14-15H,5-13H2,1-4H3. The lowest BCUT2D eigenvalue weighted by Crippen LogP contribution is -2.57. The Morgan fingerprint density at radius 2 is 1.62 bits per heavy atom. The summed E-state index contributed by atoms with van der Waals surface area (Å²) in [6.45, 7) is 11.5. The molecule has 0 aromatic heterocycles. The van der Waals surface area contributed by atoms with Crippen LogP contribution in [-0.4, -0.2) is 53.7 Å². The largest absolute Gasteiger partial charge is 0.531 e. The van der Waals surface area contributed by atoms with Crippen LogP contribution in [-0.2, 0) is 22.8 Å². The Morgan fingerprint density at radius 3 is 2.05 bits per heavy atom. The normalized spacial score (nSPS) is 19.7. The van der Waals surface area contributed by atoms with Gasteiger partial charge in [0.2, 0.25) is 0 Å². The van der Waals surface area contributed by atoms with Crippen molar-refractivity contribution in [2.75, 3.05) is 33.0 Å². The van der Waals surface area contributed by atoms with Crippen LogP contribution < -0.4 is 0 Å². The van der Waals surface area contributed by atoms with E-state index in [9.17, 15) is 0 Å². The highest BCUT2D eigenvalue weighted by atomic mass is 28.4. The molecule has 0 aliphatic carbocycles. The molecule has 1 heterocycles. The Balaban J connectivity index is 2.58. The SMILES string of the molecule is CCCC(OCCCC1CO1)[Si](OCC)(OCC)OCC. The molecule has 6 heteroatoms. The van der Waals surface area contributed by atoms with Gasteiger partial charge in [-0.2, -0.15) is 0 Å². The van der Waals surface area contributed by atoms with Gasteiger partial charge in [0.15, 0.2) is 0 Å². The van der Waals surface area contributed by atoms with Crippen LogP contribution in [0.2, 0.25) is 0 Å². The van der Waals surface area contributed by atoms with Crippen LogP contribution >= 0.6 is 0 Å². The molecule has 0 aromatic carbocycles. The second-order valence-corrected chi connectivity index (χ2v) is 7.87. The second kappa shape index (κ2) is 10.7. The predicted molar refractivity (Wildman–Crippen MR) is 84.3 cm³/mol. The molecule has 0 aromatic rings. The van der Waals surface area contributed by atoms with Crippen LogP contribution in [0.15, 0.2) is 0 Å². The van der Waals surface area contributed by atoms with Gasteiger partial charge in [-0.3, -0.25) is 0 Å². The fourth-order valence-electron chi connectivity index (χ4n) is 2.40. The first kappa shape index (κ1) is 19.1. The van der Waals surface area contributed by atoms with Gasteiger partial charge in [0.25, 0.3) is 0 Å². The summed E-state index contributed by atoms with van der Waals surface area (Å²) in [6.07, 6.45) is 4.49. The molecule has 5 nitrogen and oxygen atoms in total. The van der Waals surface area contributed by atoms with E-state index < -0.39 is 8.80 Å². The summed E-state index contributed by atoms with van der Waals surface area (Å²) in [5, 5.41) is 0. The van der Waals surface area contributed by atoms with Crippen molar-refractivity contribution in [1.29, 1.82) is 0 Å². The summed E-state index contributed by atoms with van der Waals surface area (Å²) in [5.41, 5.74) is -0.0672. The number of rotatable bonds is 14. The zero-order valence-corrected chi connectivity index (χ0v) is 15.1. The van der Waals surface area contributed by atoms with Crippen LogP contribution in [0, 0.1) is 0 Å². The smallest absolute Gasteiger partial charge is 0.374 e. The highest BCUT2D eigenvalue weighted by molar-refractivity contribution is 6.62. The number of ether oxygens (including phenoxy) is 2. The molecule has 0 saturated carbocycles. The Kier molecular flexibility index (Phi) is 9.71. The van der Waals surface area contributed by atoms with Gasteiger partial charge in [-0.15, -0.1) is 0 Å². The van der Waals surface area contributed by atoms with Gasteiger partial charge in [0.05, 0.1) is 12.7 Å². The molecule has 1 aliphatic heterocycles. The lowest BCUT2D eigenvalue weighted by Gasteiger charge is -2.35. The van der Waals surface area contributed by atoms with E-state index in [4.69, 9.17) is 22.8 Å². The van der Waals surface area contributed by atoms with Crippen molar-refractivity contribution in [3.05, 3.63) is 0 Å². The minimum atomic E-state index is -2.76. The first-order valence-corrected chi connectivity index (χ1v) is 10.2. The van der Waals surface area contributed by atoms with Crippen LogP contribution in [0.25, 0.3) is 0 Å². The van der Waals surface area contributed by atoms with Crippen LogP contribution in [0.5, 0.6) is 0 Å². The van der Waals surface area contributed by atoms with Crippen molar-refractivity contribution in [2.24, 2.45) is 0 Å². The molecular formula is C15H32O5Si. The van der Waals surface area contributed by atoms with Crippen molar-refractivity contribution in [3.63, 3.8) is 0 Å². The average molecular weight is 321 g/mol. The van der Waals surface area contributed by atoms with Gasteiger partial charge in [0.1, 0.15) is 5.73 Å². The Labute approximate surface area is 130 Å². The fraction of sp³-hybridized carbons (Fsp3) is 1.00. The molecule has 1 fully saturated rings. The van der Waals surface area contributed by atoms with E-state index >= 15 is 0 Å². The zero-order chi connectivity index (χ0) is 15.6. The summed E-state index contributed by atoms with van der Waals surface area (Å²) in [7, 11) is -2.76. The molecule has 0 bridgehead atoms. The molecule has 2 unspecified atom stereocenters. The van der Waals surface area contributed by atoms with Crippen molar-refractivity contribution in [2.45, 2.75) is 65.2 Å². The highest BCUT2D eigenvalue weighted by Gasteiger charge is 2.49. The first-order valence-electron chi connectivity index (χ1n) is 8.37. The topological polar surface area (TPSA) is 49.5 Å². The molecular weight excluding hydrogens is 288 g/mol. The number of hydrogen-bond donors (Lipinski definition) is 0. The van der Waals surface area contributed by atoms with E-state index in [2.05, 4.69) is 6.92 Å². The second-order valence-electron chi connectivity index (χ2n) is 5.15. The third-order valence-corrected chi connectivity index (χ3v) is 6.69. The van der Waals surface area contributed by atoms with Gasteiger partial charge >= 0.3 is 8.80 Å². The van der Waals surface area contributed by atoms with Crippen molar-refractivity contribution < 1.29 is 22.8 Å². The Hall–Kier alpha value is 0.0169. The average Bonchev–Trinajstić information content (AvgIpc) is 3.27. The minimum absolute atomic E-state index is 0.0672. The number of hydrogen-bond acceptors (Lipinski definition) is 5. The maximum absolute atomic E-state index is 6.12. The molecule has 1 saturated heterocycles. The molecule has 0 N–H and O–H groups in total. The third-order valence-electron chi connectivity index (χ3n) is 3.37. The molecule has 0 amide bonds. The van der Waals surface area contributed by atoms with Gasteiger partial charge in [0, 0.05) is 26.4 Å². The van der Waals surface area contributed by atoms with Gasteiger partial charge in [-0.1, -0.05) is 13.3 Å². The Morgan fingerprint density at radius 1 is 1.05 bits per heavy atom. The Bertz CT molecular complexity index is 243. The van der Waals surface area contributed by atoms with Gasteiger partial charge < -0.3 is 22.8 Å². The van der Waals surface area contributed by atoms with E-state index in [1.807, 2.05) is 20.8 Å². The summed E-state index contributed by atoms with van der Waals surface area (Å²) < 4.78 is 29.2. The maximum atomic E-state index is 6.12. The summed E-state index contributed by atoms with van der Waals surface area (Å²) in [5.74, 6) is 0. The lowest BCUT2D eigenvalue weighted by molar-refractivity contribution is -0.0142. The highest BCUT2D eigenvalue weighted by Crippen LogP contribution is 2.23. The van der Waals surface area contributed by atoms with E-state index in [1.54, 1.807) is 0 Å². The molecule has 2 atom stereocenters. The van der Waals surface area contributed by atoms with Crippen LogP contribution in [0.3, 0.4) is 0 Å². The molecule has 126 valence electrons. The zero-order valence-electron chi connectivity index (χ0n) is 14.1. The molecule has 21 heavy (non-hydrogen) atoms. The molecule has 1 rings (SSSR count). The van der Waals surface area contributed by atoms with E-state index in [-0.39, 0.29) is 5.73 Å². The van der Waals surface area contributed by atoms with Crippen LogP contribution in [0.1, 0.15) is 53.4 Å². The number of epoxide rings is 1. The minimum Gasteiger partial charge on any atom is -0.374 e. The summed E-state index contributed by atoms with van der Waals surface area (Å²) >= 11 is 0. The van der Waals surface area contributed by atoms with Crippen LogP contribution in [0.4, 0.5) is 0 Å². The summed E-state index contributed by atoms with van der Waals surface area (Å²) in [6, 6.07) is 0. The van der Waals surface area contributed by atoms with Crippen molar-refractivity contribution in [1.82, 2.24) is 0 Å². The molecule has 1 aliphatic rings. The quantitative estimate of drug-likeness (QED) is 0.280. The predicted octanol–water partition coefficient (Wildman–Crippen LogP) is 2.94. The van der Waals surface area contributed by atoms with Crippen molar-refractivity contribution in [3.8, 4) is 0 Å². The monoisotopic (exact) mass is 320 g/mol. The lowest BCUT2D eigenvalue weighted by atomic mass is 10.2. The van der Waals surface area contributed by atoms with E-state index in [0.717, 1.165) is 32.3 Å². The van der Waals surface area contributed by atoms with E-state index in [0.29, 0.717) is 32.5 Å². The van der Waals surface area contributed by atoms with Gasteiger partial charge in [-0.25, -0.2) is 0 Å². The van der Waals surface area contributed by atoms with Gasteiger partial charge in [-0.05, 0) is 40.0 Å². The van der Waals surface area contributed by atoms with Crippen molar-refractivity contribution >= 4 is 8.80 Å². The molecule has 0 radical (unpaired) electrons. The van der Waals surface area contributed by atoms with E-state index in [1.165, 1.54) is 0 Å². The third kappa shape index (κ3) is 6.75.